The number of aromatic nitrogens is 3. The van der Waals surface area contributed by atoms with Crippen molar-refractivity contribution < 1.29 is 4.79 Å². The summed E-state index contributed by atoms with van der Waals surface area (Å²) in [5.74, 6) is -0.237. The molecule has 2 heterocycles. The van der Waals surface area contributed by atoms with E-state index < -0.39 is 0 Å². The lowest BCUT2D eigenvalue weighted by Gasteiger charge is -2.04. The largest absolute Gasteiger partial charge is 0.356 e. The number of H-pyrrole nitrogens is 3. The molecular formula is C13H11ClN4O2. The number of hydrogen-bond acceptors (Lipinski definition) is 2. The molecule has 3 aromatic rings. The highest BCUT2D eigenvalue weighted by Crippen LogP contribution is 2.11. The second-order valence-corrected chi connectivity index (χ2v) is 4.81. The molecule has 0 saturated carbocycles. The number of rotatable bonds is 3. The summed E-state index contributed by atoms with van der Waals surface area (Å²) in [6.45, 7) is 0.360. The summed E-state index contributed by atoms with van der Waals surface area (Å²) in [6.07, 6.45) is 1.55. The van der Waals surface area contributed by atoms with Crippen LogP contribution in [0.5, 0.6) is 0 Å². The zero-order chi connectivity index (χ0) is 14.1. The van der Waals surface area contributed by atoms with E-state index in [0.29, 0.717) is 22.8 Å². The second kappa shape index (κ2) is 4.90. The fourth-order valence-corrected chi connectivity index (χ4v) is 2.13. The monoisotopic (exact) mass is 290 g/mol. The summed E-state index contributed by atoms with van der Waals surface area (Å²) in [6, 6.07) is 7.01. The van der Waals surface area contributed by atoms with E-state index in [0.717, 1.165) is 11.1 Å². The normalized spacial score (nSPS) is 10.8. The van der Waals surface area contributed by atoms with Gasteiger partial charge in [-0.05, 0) is 23.8 Å². The molecule has 3 rings (SSSR count). The maximum atomic E-state index is 11.8. The van der Waals surface area contributed by atoms with Gasteiger partial charge in [0, 0.05) is 12.7 Å². The van der Waals surface area contributed by atoms with Gasteiger partial charge in [0.15, 0.2) is 0 Å². The molecule has 6 nitrogen and oxygen atoms in total. The standard InChI is InChI=1S/C13H11ClN4O2/c14-8-4-11(15-6-8)12(19)16-5-7-1-2-9-10(3-7)18-13(20)17-9/h1-4,6,15H,5H2,(H,16,19)(H2,17,18,20). The van der Waals surface area contributed by atoms with Crippen LogP contribution < -0.4 is 11.0 Å². The van der Waals surface area contributed by atoms with E-state index in [2.05, 4.69) is 20.3 Å². The number of aromatic amines is 3. The summed E-state index contributed by atoms with van der Waals surface area (Å²) in [7, 11) is 0. The molecule has 1 amide bonds. The van der Waals surface area contributed by atoms with Crippen molar-refractivity contribution in [1.29, 1.82) is 0 Å². The van der Waals surface area contributed by atoms with E-state index in [1.54, 1.807) is 18.3 Å². The second-order valence-electron chi connectivity index (χ2n) is 4.37. The zero-order valence-corrected chi connectivity index (χ0v) is 11.0. The zero-order valence-electron chi connectivity index (χ0n) is 10.3. The lowest BCUT2D eigenvalue weighted by molar-refractivity contribution is 0.0946. The van der Waals surface area contributed by atoms with Gasteiger partial charge in [-0.1, -0.05) is 17.7 Å². The van der Waals surface area contributed by atoms with Gasteiger partial charge in [0.05, 0.1) is 16.1 Å². The Hall–Kier alpha value is -2.47. The molecule has 2 aromatic heterocycles. The van der Waals surface area contributed by atoms with Gasteiger partial charge in [0.1, 0.15) is 5.69 Å². The van der Waals surface area contributed by atoms with Crippen LogP contribution in [0.1, 0.15) is 16.1 Å². The predicted octanol–water partition coefficient (Wildman–Crippen LogP) is 1.77. The van der Waals surface area contributed by atoms with Crippen molar-refractivity contribution in [3.8, 4) is 0 Å². The van der Waals surface area contributed by atoms with Crippen LogP contribution in [0.25, 0.3) is 11.0 Å². The predicted molar refractivity (Wildman–Crippen MR) is 75.9 cm³/mol. The van der Waals surface area contributed by atoms with Crippen molar-refractivity contribution in [2.24, 2.45) is 0 Å². The van der Waals surface area contributed by atoms with Crippen LogP contribution in [-0.4, -0.2) is 20.9 Å². The number of halogens is 1. The highest BCUT2D eigenvalue weighted by Gasteiger charge is 2.08. The van der Waals surface area contributed by atoms with Gasteiger partial charge < -0.3 is 20.3 Å². The molecule has 0 unspecified atom stereocenters. The molecule has 0 atom stereocenters. The van der Waals surface area contributed by atoms with E-state index >= 15 is 0 Å². The van der Waals surface area contributed by atoms with Crippen LogP contribution in [0.15, 0.2) is 35.3 Å². The summed E-state index contributed by atoms with van der Waals surface area (Å²) >= 11 is 5.74. The molecule has 102 valence electrons. The van der Waals surface area contributed by atoms with Gasteiger partial charge in [0.2, 0.25) is 0 Å². The topological polar surface area (TPSA) is 93.5 Å². The fraction of sp³-hybridized carbons (Fsp3) is 0.0769. The van der Waals surface area contributed by atoms with Gasteiger partial charge in [-0.15, -0.1) is 0 Å². The van der Waals surface area contributed by atoms with Crippen LogP contribution in [0.3, 0.4) is 0 Å². The molecule has 0 aliphatic rings. The molecule has 0 spiro atoms. The maximum Gasteiger partial charge on any atom is 0.323 e. The van der Waals surface area contributed by atoms with E-state index in [1.165, 1.54) is 0 Å². The van der Waals surface area contributed by atoms with E-state index in [1.807, 2.05) is 12.1 Å². The van der Waals surface area contributed by atoms with Crippen molar-refractivity contribution in [3.63, 3.8) is 0 Å². The fourth-order valence-electron chi connectivity index (χ4n) is 1.97. The van der Waals surface area contributed by atoms with Gasteiger partial charge >= 0.3 is 5.69 Å². The minimum atomic E-state index is -0.248. The molecule has 0 fully saturated rings. The molecule has 0 bridgehead atoms. The van der Waals surface area contributed by atoms with Crippen LogP contribution >= 0.6 is 11.6 Å². The Kier molecular flexibility index (Phi) is 3.08. The Morgan fingerprint density at radius 1 is 1.20 bits per heavy atom. The third kappa shape index (κ3) is 2.46. The van der Waals surface area contributed by atoms with Crippen molar-refractivity contribution in [2.75, 3.05) is 0 Å². The molecule has 0 radical (unpaired) electrons. The minimum Gasteiger partial charge on any atom is -0.356 e. The average Bonchev–Trinajstić information content (AvgIpc) is 3.00. The number of amides is 1. The summed E-state index contributed by atoms with van der Waals surface area (Å²) in [4.78, 5) is 31.1. The SMILES string of the molecule is O=C(NCc1ccc2[nH]c(=O)[nH]c2c1)c1cc(Cl)c[nH]1. The molecule has 0 aliphatic heterocycles. The summed E-state index contributed by atoms with van der Waals surface area (Å²) in [5.41, 5.74) is 2.50. The van der Waals surface area contributed by atoms with E-state index in [9.17, 15) is 9.59 Å². The number of hydrogen-bond donors (Lipinski definition) is 4. The smallest absolute Gasteiger partial charge is 0.323 e. The lowest BCUT2D eigenvalue weighted by Crippen LogP contribution is -2.22. The van der Waals surface area contributed by atoms with Crippen LogP contribution in [0.4, 0.5) is 0 Å². The first kappa shape index (κ1) is 12.6. The van der Waals surface area contributed by atoms with Crippen molar-refractivity contribution in [2.45, 2.75) is 6.54 Å². The Labute approximate surface area is 118 Å². The van der Waals surface area contributed by atoms with Crippen LogP contribution in [-0.2, 0) is 6.54 Å². The van der Waals surface area contributed by atoms with Gasteiger partial charge in [-0.2, -0.15) is 0 Å². The molecule has 7 heteroatoms. The Bertz CT molecular complexity index is 830. The average molecular weight is 291 g/mol. The first-order valence-corrected chi connectivity index (χ1v) is 6.33. The maximum absolute atomic E-state index is 11.8. The van der Waals surface area contributed by atoms with Crippen LogP contribution in [0, 0.1) is 0 Å². The number of benzene rings is 1. The quantitative estimate of drug-likeness (QED) is 0.592. The number of carbonyl (C=O) groups is 1. The molecular weight excluding hydrogens is 280 g/mol. The number of imidazole rings is 1. The first-order chi connectivity index (χ1) is 9.61. The Balaban J connectivity index is 1.73. The first-order valence-electron chi connectivity index (χ1n) is 5.95. The van der Waals surface area contributed by atoms with Gasteiger partial charge in [-0.25, -0.2) is 4.79 Å². The highest BCUT2D eigenvalue weighted by molar-refractivity contribution is 6.30. The van der Waals surface area contributed by atoms with Gasteiger partial charge in [0.25, 0.3) is 5.91 Å². The molecule has 0 aliphatic carbocycles. The number of nitrogens with one attached hydrogen (secondary N) is 4. The van der Waals surface area contributed by atoms with E-state index in [-0.39, 0.29) is 11.6 Å². The van der Waals surface area contributed by atoms with E-state index in [4.69, 9.17) is 11.6 Å². The summed E-state index contributed by atoms with van der Waals surface area (Å²) < 4.78 is 0. The highest BCUT2D eigenvalue weighted by atomic mass is 35.5. The van der Waals surface area contributed by atoms with Crippen LogP contribution in [0.2, 0.25) is 5.02 Å². The van der Waals surface area contributed by atoms with Crippen molar-refractivity contribution in [1.82, 2.24) is 20.3 Å². The molecule has 0 saturated heterocycles. The van der Waals surface area contributed by atoms with Crippen molar-refractivity contribution in [3.05, 3.63) is 57.2 Å². The number of carbonyl (C=O) groups excluding carboxylic acids is 1. The third-order valence-electron chi connectivity index (χ3n) is 2.93. The molecule has 20 heavy (non-hydrogen) atoms. The number of fused-ring (bicyclic) bond motifs is 1. The van der Waals surface area contributed by atoms with Crippen molar-refractivity contribution >= 4 is 28.5 Å². The molecule has 1 aromatic carbocycles. The lowest BCUT2D eigenvalue weighted by atomic mass is 10.2. The third-order valence-corrected chi connectivity index (χ3v) is 3.14. The summed E-state index contributed by atoms with van der Waals surface area (Å²) in [5, 5.41) is 3.26. The Morgan fingerprint density at radius 3 is 2.75 bits per heavy atom. The Morgan fingerprint density at radius 2 is 2.00 bits per heavy atom. The van der Waals surface area contributed by atoms with Gasteiger partial charge in [-0.3, -0.25) is 4.79 Å². The molecule has 4 N–H and O–H groups in total. The minimum absolute atomic E-state index is 0.237.